The van der Waals surface area contributed by atoms with E-state index >= 15 is 0 Å². The fourth-order valence-corrected chi connectivity index (χ4v) is 3.21. The molecule has 2 aromatic rings. The Morgan fingerprint density at radius 2 is 2.22 bits per heavy atom. The minimum atomic E-state index is -0.325. The zero-order valence-corrected chi connectivity index (χ0v) is 14.6. The fourth-order valence-electron chi connectivity index (χ4n) is 2.19. The maximum absolute atomic E-state index is 13.6. The molecular formula is C17H23FN4S. The lowest BCUT2D eigenvalue weighted by Crippen LogP contribution is -2.43. The normalized spacial score (nSPS) is 13.0. The molecule has 0 saturated carbocycles. The Hall–Kier alpha value is -1.95. The van der Waals surface area contributed by atoms with Crippen LogP contribution in [0.2, 0.25) is 0 Å². The number of nitrogens with zero attached hydrogens (tertiary/aromatic N) is 2. The van der Waals surface area contributed by atoms with E-state index in [1.54, 1.807) is 12.3 Å². The van der Waals surface area contributed by atoms with Gasteiger partial charge in [0.25, 0.3) is 0 Å². The molecule has 0 aromatic carbocycles. The first-order valence-electron chi connectivity index (χ1n) is 7.78. The summed E-state index contributed by atoms with van der Waals surface area (Å²) in [6, 6.07) is 7.51. The van der Waals surface area contributed by atoms with Crippen LogP contribution in [-0.2, 0) is 13.0 Å². The molecule has 4 nitrogen and oxygen atoms in total. The van der Waals surface area contributed by atoms with Gasteiger partial charge in [0, 0.05) is 35.0 Å². The van der Waals surface area contributed by atoms with E-state index in [2.05, 4.69) is 46.6 Å². The molecule has 0 spiro atoms. The molecule has 0 amide bonds. The molecule has 2 heterocycles. The Kier molecular flexibility index (Phi) is 6.52. The molecule has 0 radical (unpaired) electrons. The Labute approximate surface area is 140 Å². The molecule has 2 aromatic heterocycles. The minimum Gasteiger partial charge on any atom is -0.357 e. The van der Waals surface area contributed by atoms with E-state index < -0.39 is 0 Å². The lowest BCUT2D eigenvalue weighted by Gasteiger charge is -2.17. The lowest BCUT2D eigenvalue weighted by molar-refractivity contribution is 0.598. The van der Waals surface area contributed by atoms with Crippen LogP contribution < -0.4 is 10.6 Å². The summed E-state index contributed by atoms with van der Waals surface area (Å²) in [5, 5.41) is 6.55. The van der Waals surface area contributed by atoms with Crippen LogP contribution >= 0.6 is 11.3 Å². The molecule has 1 atom stereocenters. The standard InChI is InChI=1S/C17H23FN4S/c1-4-19-17(21-11-16-15(18)6-5-9-20-16)22-12(2)10-14-8-7-13(3)23-14/h5-9,12H,4,10-11H2,1-3H3,(H2,19,21,22). The summed E-state index contributed by atoms with van der Waals surface area (Å²) >= 11 is 1.81. The second-order valence-corrected chi connectivity index (χ2v) is 6.76. The first-order chi connectivity index (χ1) is 11.1. The smallest absolute Gasteiger partial charge is 0.191 e. The summed E-state index contributed by atoms with van der Waals surface area (Å²) < 4.78 is 13.6. The highest BCUT2D eigenvalue weighted by atomic mass is 32.1. The van der Waals surface area contributed by atoms with E-state index in [0.29, 0.717) is 11.7 Å². The monoisotopic (exact) mass is 334 g/mol. The summed E-state index contributed by atoms with van der Waals surface area (Å²) in [6.45, 7) is 7.20. The maximum atomic E-state index is 13.6. The van der Waals surface area contributed by atoms with Crippen molar-refractivity contribution in [1.82, 2.24) is 15.6 Å². The van der Waals surface area contributed by atoms with Crippen LogP contribution in [0.1, 0.15) is 29.3 Å². The summed E-state index contributed by atoms with van der Waals surface area (Å²) in [4.78, 5) is 11.1. The summed E-state index contributed by atoms with van der Waals surface area (Å²) in [5.74, 6) is 0.354. The Balaban J connectivity index is 1.97. The molecule has 6 heteroatoms. The average Bonchev–Trinajstić information content (AvgIpc) is 2.91. The molecule has 23 heavy (non-hydrogen) atoms. The summed E-state index contributed by atoms with van der Waals surface area (Å²) in [7, 11) is 0. The van der Waals surface area contributed by atoms with E-state index in [-0.39, 0.29) is 18.4 Å². The van der Waals surface area contributed by atoms with Gasteiger partial charge in [-0.25, -0.2) is 9.38 Å². The first kappa shape index (κ1) is 17.4. The summed E-state index contributed by atoms with van der Waals surface area (Å²) in [5.41, 5.74) is 0.353. The molecule has 2 rings (SSSR count). The second-order valence-electron chi connectivity index (χ2n) is 5.39. The van der Waals surface area contributed by atoms with Gasteiger partial charge in [-0.15, -0.1) is 11.3 Å². The second kappa shape index (κ2) is 8.62. The zero-order chi connectivity index (χ0) is 16.7. The maximum Gasteiger partial charge on any atom is 0.191 e. The van der Waals surface area contributed by atoms with Crippen molar-refractivity contribution in [1.29, 1.82) is 0 Å². The van der Waals surface area contributed by atoms with Crippen molar-refractivity contribution in [2.24, 2.45) is 4.99 Å². The molecule has 2 N–H and O–H groups in total. The van der Waals surface area contributed by atoms with Crippen molar-refractivity contribution in [3.05, 3.63) is 51.7 Å². The molecule has 0 saturated heterocycles. The number of aromatic nitrogens is 1. The van der Waals surface area contributed by atoms with Crippen molar-refractivity contribution in [3.63, 3.8) is 0 Å². The van der Waals surface area contributed by atoms with Crippen LogP contribution in [0, 0.1) is 12.7 Å². The van der Waals surface area contributed by atoms with Crippen molar-refractivity contribution in [2.75, 3.05) is 6.54 Å². The fraction of sp³-hybridized carbons (Fsp3) is 0.412. The van der Waals surface area contributed by atoms with Gasteiger partial charge in [-0.3, -0.25) is 4.98 Å². The first-order valence-corrected chi connectivity index (χ1v) is 8.59. The minimum absolute atomic E-state index is 0.215. The van der Waals surface area contributed by atoms with Gasteiger partial charge in [-0.2, -0.15) is 0 Å². The highest BCUT2D eigenvalue weighted by Gasteiger charge is 2.08. The number of guanidine groups is 1. The van der Waals surface area contributed by atoms with Crippen LogP contribution in [0.4, 0.5) is 4.39 Å². The Bertz CT molecular complexity index is 654. The quantitative estimate of drug-likeness (QED) is 0.630. The van der Waals surface area contributed by atoms with Crippen LogP contribution in [0.3, 0.4) is 0 Å². The van der Waals surface area contributed by atoms with E-state index in [9.17, 15) is 4.39 Å². The van der Waals surface area contributed by atoms with Crippen LogP contribution in [-0.4, -0.2) is 23.5 Å². The van der Waals surface area contributed by atoms with E-state index in [0.717, 1.165) is 13.0 Å². The predicted octanol–water partition coefficient (Wildman–Crippen LogP) is 3.28. The van der Waals surface area contributed by atoms with Crippen molar-refractivity contribution >= 4 is 17.3 Å². The molecular weight excluding hydrogens is 311 g/mol. The third-order valence-corrected chi connectivity index (χ3v) is 4.28. The highest BCUT2D eigenvalue weighted by molar-refractivity contribution is 7.11. The third-order valence-electron chi connectivity index (χ3n) is 3.25. The highest BCUT2D eigenvalue weighted by Crippen LogP contribution is 2.16. The van der Waals surface area contributed by atoms with Gasteiger partial charge in [0.05, 0.1) is 12.2 Å². The number of nitrogens with one attached hydrogen (secondary N) is 2. The predicted molar refractivity (Wildman–Crippen MR) is 94.4 cm³/mol. The van der Waals surface area contributed by atoms with E-state index in [4.69, 9.17) is 0 Å². The number of halogens is 1. The van der Waals surface area contributed by atoms with E-state index in [1.165, 1.54) is 15.8 Å². The molecule has 0 aliphatic heterocycles. The van der Waals surface area contributed by atoms with Gasteiger partial charge in [-0.1, -0.05) is 0 Å². The van der Waals surface area contributed by atoms with Crippen molar-refractivity contribution in [2.45, 2.75) is 39.8 Å². The molecule has 1 unspecified atom stereocenters. The van der Waals surface area contributed by atoms with Gasteiger partial charge in [-0.05, 0) is 45.0 Å². The number of thiophene rings is 1. The number of hydrogen-bond acceptors (Lipinski definition) is 3. The molecule has 124 valence electrons. The Morgan fingerprint density at radius 1 is 1.39 bits per heavy atom. The van der Waals surface area contributed by atoms with Crippen LogP contribution in [0.15, 0.2) is 35.5 Å². The summed E-state index contributed by atoms with van der Waals surface area (Å²) in [6.07, 6.45) is 2.51. The lowest BCUT2D eigenvalue weighted by atomic mass is 10.2. The number of hydrogen-bond donors (Lipinski definition) is 2. The topological polar surface area (TPSA) is 49.3 Å². The van der Waals surface area contributed by atoms with E-state index in [1.807, 2.05) is 18.3 Å². The molecule has 0 aliphatic rings. The van der Waals surface area contributed by atoms with Gasteiger partial charge >= 0.3 is 0 Å². The molecule has 0 bridgehead atoms. The average molecular weight is 334 g/mol. The van der Waals surface area contributed by atoms with Crippen molar-refractivity contribution < 1.29 is 4.39 Å². The van der Waals surface area contributed by atoms with Gasteiger partial charge in [0.1, 0.15) is 5.82 Å². The zero-order valence-electron chi connectivity index (χ0n) is 13.8. The van der Waals surface area contributed by atoms with Gasteiger partial charge < -0.3 is 10.6 Å². The molecule has 0 aliphatic carbocycles. The third kappa shape index (κ3) is 5.63. The number of pyridine rings is 1. The van der Waals surface area contributed by atoms with Gasteiger partial charge in [0.15, 0.2) is 5.96 Å². The van der Waals surface area contributed by atoms with Crippen LogP contribution in [0.25, 0.3) is 0 Å². The SMILES string of the molecule is CCNC(=NCc1ncccc1F)NC(C)Cc1ccc(C)s1. The number of aliphatic imine (C=N–C) groups is 1. The van der Waals surface area contributed by atoms with Crippen LogP contribution in [0.5, 0.6) is 0 Å². The van der Waals surface area contributed by atoms with Crippen molar-refractivity contribution in [3.8, 4) is 0 Å². The number of rotatable bonds is 6. The van der Waals surface area contributed by atoms with Gasteiger partial charge in [0.2, 0.25) is 0 Å². The number of aryl methyl sites for hydroxylation is 1. The Morgan fingerprint density at radius 3 is 2.87 bits per heavy atom. The largest absolute Gasteiger partial charge is 0.357 e. The molecule has 0 fully saturated rings.